The second-order valence-corrected chi connectivity index (χ2v) is 7.10. The number of nitrogens with one attached hydrogen (secondary N) is 2. The lowest BCUT2D eigenvalue weighted by atomic mass is 9.87. The van der Waals surface area contributed by atoms with Gasteiger partial charge in [0.05, 0.1) is 12.5 Å². The molecule has 134 valence electrons. The average molecular weight is 337 g/mol. The molecule has 2 rings (SSSR count). The Morgan fingerprint density at radius 2 is 1.88 bits per heavy atom. The van der Waals surface area contributed by atoms with Gasteiger partial charge in [0.1, 0.15) is 0 Å². The highest BCUT2D eigenvalue weighted by molar-refractivity contribution is 5.79. The molecule has 0 aliphatic carbocycles. The van der Waals surface area contributed by atoms with Crippen LogP contribution in [-0.4, -0.2) is 45.1 Å². The van der Waals surface area contributed by atoms with Crippen LogP contribution in [0.4, 0.5) is 0 Å². The van der Waals surface area contributed by atoms with Crippen molar-refractivity contribution in [3.8, 4) is 0 Å². The Kier molecular flexibility index (Phi) is 5.99. The number of carbonyl (C=O) groups is 1. The van der Waals surface area contributed by atoms with Crippen molar-refractivity contribution < 1.29 is 9.90 Å². The normalized spacial score (nSPS) is 17.3. The lowest BCUT2D eigenvalue weighted by molar-refractivity contribution is -0.132. The Morgan fingerprint density at radius 1 is 1.25 bits per heavy atom. The number of nitrogens with zero attached hydrogens (tertiary/aromatic N) is 1. The van der Waals surface area contributed by atoms with E-state index in [9.17, 15) is 19.5 Å². The second-order valence-electron chi connectivity index (χ2n) is 7.10. The summed E-state index contributed by atoms with van der Waals surface area (Å²) < 4.78 is 0. The number of H-pyrrole nitrogens is 2. The first-order valence-electron chi connectivity index (χ1n) is 8.55. The molecule has 1 fully saturated rings. The van der Waals surface area contributed by atoms with Crippen LogP contribution in [0.3, 0.4) is 0 Å². The van der Waals surface area contributed by atoms with Crippen molar-refractivity contribution >= 4 is 5.91 Å². The van der Waals surface area contributed by atoms with Gasteiger partial charge >= 0.3 is 5.69 Å². The first-order valence-corrected chi connectivity index (χ1v) is 8.55. The summed E-state index contributed by atoms with van der Waals surface area (Å²) in [6, 6.07) is 0. The number of aryl methyl sites for hydroxylation is 1. The zero-order valence-corrected chi connectivity index (χ0v) is 14.6. The summed E-state index contributed by atoms with van der Waals surface area (Å²) in [6.45, 7) is 6.99. The van der Waals surface area contributed by atoms with Crippen molar-refractivity contribution in [3.63, 3.8) is 0 Å². The third-order valence-electron chi connectivity index (χ3n) is 4.73. The number of piperidine rings is 1. The molecule has 0 unspecified atom stereocenters. The smallest absolute Gasteiger partial charge is 0.325 e. The summed E-state index contributed by atoms with van der Waals surface area (Å²) >= 11 is 0. The summed E-state index contributed by atoms with van der Waals surface area (Å²) in [5.74, 6) is 0.566. The van der Waals surface area contributed by atoms with Gasteiger partial charge in [-0.2, -0.15) is 0 Å². The van der Waals surface area contributed by atoms with Crippen LogP contribution in [-0.2, 0) is 11.2 Å². The van der Waals surface area contributed by atoms with E-state index in [2.05, 4.69) is 23.8 Å². The van der Waals surface area contributed by atoms with Gasteiger partial charge in [-0.15, -0.1) is 0 Å². The zero-order chi connectivity index (χ0) is 17.9. The van der Waals surface area contributed by atoms with Crippen LogP contribution < -0.4 is 11.2 Å². The van der Waals surface area contributed by atoms with Crippen LogP contribution in [0.25, 0.3) is 0 Å². The summed E-state index contributed by atoms with van der Waals surface area (Å²) in [5, 5.41) is 10.2. The van der Waals surface area contributed by atoms with Gasteiger partial charge < -0.3 is 15.0 Å². The molecular formula is C17H27N3O4. The topological polar surface area (TPSA) is 106 Å². The third kappa shape index (κ3) is 4.56. The highest BCUT2D eigenvalue weighted by Gasteiger charge is 2.28. The maximum absolute atomic E-state index is 12.4. The molecule has 1 atom stereocenters. The van der Waals surface area contributed by atoms with Crippen LogP contribution in [0.2, 0.25) is 0 Å². The molecule has 0 saturated carbocycles. The van der Waals surface area contributed by atoms with Gasteiger partial charge in [-0.05, 0) is 38.0 Å². The molecule has 24 heavy (non-hydrogen) atoms. The molecule has 0 bridgehead atoms. The molecule has 3 N–H and O–H groups in total. The van der Waals surface area contributed by atoms with Gasteiger partial charge in [0.2, 0.25) is 5.91 Å². The fraction of sp³-hybridized carbons (Fsp3) is 0.706. The van der Waals surface area contributed by atoms with Crippen LogP contribution >= 0.6 is 0 Å². The van der Waals surface area contributed by atoms with Crippen LogP contribution in [0, 0.1) is 18.8 Å². The number of aliphatic hydroxyl groups is 1. The van der Waals surface area contributed by atoms with E-state index in [4.69, 9.17) is 0 Å². The van der Waals surface area contributed by atoms with Crippen molar-refractivity contribution in [3.05, 3.63) is 32.1 Å². The SMILES string of the molecule is Cc1[nH]c(=O)[nH]c(=O)c1CC(=O)N1CCC([C@H](O)CC(C)C)CC1. The number of aromatic amines is 2. The first-order chi connectivity index (χ1) is 11.3. The number of hydrogen-bond acceptors (Lipinski definition) is 4. The van der Waals surface area contributed by atoms with Crippen molar-refractivity contribution in [2.45, 2.75) is 52.6 Å². The maximum atomic E-state index is 12.4. The molecule has 7 heteroatoms. The van der Waals surface area contributed by atoms with Gasteiger partial charge in [-0.1, -0.05) is 13.8 Å². The van der Waals surface area contributed by atoms with Crippen molar-refractivity contribution in [2.75, 3.05) is 13.1 Å². The van der Waals surface area contributed by atoms with Gasteiger partial charge in [0.15, 0.2) is 0 Å². The monoisotopic (exact) mass is 337 g/mol. The number of hydrogen-bond donors (Lipinski definition) is 3. The summed E-state index contributed by atoms with van der Waals surface area (Å²) in [7, 11) is 0. The van der Waals surface area contributed by atoms with Crippen LogP contribution in [0.15, 0.2) is 9.59 Å². The molecule has 7 nitrogen and oxygen atoms in total. The maximum Gasteiger partial charge on any atom is 0.325 e. The predicted molar refractivity (Wildman–Crippen MR) is 90.9 cm³/mol. The minimum Gasteiger partial charge on any atom is -0.393 e. The molecule has 1 aromatic heterocycles. The summed E-state index contributed by atoms with van der Waals surface area (Å²) in [4.78, 5) is 41.9. The first kappa shape index (κ1) is 18.4. The molecule has 2 heterocycles. The van der Waals surface area contributed by atoms with E-state index in [1.54, 1.807) is 11.8 Å². The standard InChI is InChI=1S/C17H27N3O4/c1-10(2)8-14(21)12-4-6-20(7-5-12)15(22)9-13-11(3)18-17(24)19-16(13)23/h10,12,14,21H,4-9H2,1-3H3,(H2,18,19,23,24)/t14-/m1/s1. The number of aromatic nitrogens is 2. The van der Waals surface area contributed by atoms with E-state index in [1.165, 1.54) is 0 Å². The molecule has 0 radical (unpaired) electrons. The fourth-order valence-corrected chi connectivity index (χ4v) is 3.31. The Labute approximate surface area is 141 Å². The second kappa shape index (κ2) is 7.79. The van der Waals surface area contributed by atoms with Crippen molar-refractivity contribution in [2.24, 2.45) is 11.8 Å². The molecule has 1 amide bonds. The Balaban J connectivity index is 1.94. The highest BCUT2D eigenvalue weighted by atomic mass is 16.3. The van der Waals surface area contributed by atoms with E-state index in [0.29, 0.717) is 30.3 Å². The third-order valence-corrected chi connectivity index (χ3v) is 4.73. The van der Waals surface area contributed by atoms with E-state index < -0.39 is 11.2 Å². The van der Waals surface area contributed by atoms with E-state index in [1.807, 2.05) is 0 Å². The highest BCUT2D eigenvalue weighted by Crippen LogP contribution is 2.24. The van der Waals surface area contributed by atoms with E-state index in [0.717, 1.165) is 19.3 Å². The number of likely N-dealkylation sites (tertiary alicyclic amines) is 1. The largest absolute Gasteiger partial charge is 0.393 e. The average Bonchev–Trinajstić information content (AvgIpc) is 2.50. The molecular weight excluding hydrogens is 310 g/mol. The Bertz CT molecular complexity index is 684. The molecule has 1 aromatic rings. The van der Waals surface area contributed by atoms with Crippen LogP contribution in [0.5, 0.6) is 0 Å². The Morgan fingerprint density at radius 3 is 2.42 bits per heavy atom. The van der Waals surface area contributed by atoms with Crippen LogP contribution in [0.1, 0.15) is 44.4 Å². The molecule has 0 spiro atoms. The lowest BCUT2D eigenvalue weighted by Gasteiger charge is -2.34. The minimum atomic E-state index is -0.561. The molecule has 1 saturated heterocycles. The van der Waals surface area contributed by atoms with Crippen molar-refractivity contribution in [1.82, 2.24) is 14.9 Å². The number of rotatable bonds is 5. The van der Waals surface area contributed by atoms with Gasteiger partial charge in [0, 0.05) is 24.3 Å². The molecule has 1 aliphatic rings. The lowest BCUT2D eigenvalue weighted by Crippen LogP contribution is -2.43. The van der Waals surface area contributed by atoms with Gasteiger partial charge in [-0.3, -0.25) is 14.6 Å². The van der Waals surface area contributed by atoms with E-state index >= 15 is 0 Å². The quantitative estimate of drug-likeness (QED) is 0.730. The van der Waals surface area contributed by atoms with E-state index in [-0.39, 0.29) is 24.3 Å². The van der Waals surface area contributed by atoms with Gasteiger partial charge in [0.25, 0.3) is 5.56 Å². The zero-order valence-electron chi connectivity index (χ0n) is 14.6. The predicted octanol–water partition coefficient (Wildman–Crippen LogP) is 0.560. The van der Waals surface area contributed by atoms with Crippen molar-refractivity contribution in [1.29, 1.82) is 0 Å². The number of amides is 1. The summed E-state index contributed by atoms with van der Waals surface area (Å²) in [6.07, 6.45) is 2.01. The minimum absolute atomic E-state index is 0.0167. The fourth-order valence-electron chi connectivity index (χ4n) is 3.31. The number of aliphatic hydroxyl groups excluding tert-OH is 1. The molecule has 1 aliphatic heterocycles. The molecule has 0 aromatic carbocycles. The van der Waals surface area contributed by atoms with Gasteiger partial charge in [-0.25, -0.2) is 4.79 Å². The summed E-state index contributed by atoms with van der Waals surface area (Å²) in [5.41, 5.74) is -0.332. The number of carbonyl (C=O) groups excluding carboxylic acids is 1. The Hall–Kier alpha value is -1.89.